The fourth-order valence-electron chi connectivity index (χ4n) is 1.73. The van der Waals surface area contributed by atoms with E-state index in [4.69, 9.17) is 9.84 Å². The van der Waals surface area contributed by atoms with Crippen LogP contribution in [0.1, 0.15) is 18.4 Å². The van der Waals surface area contributed by atoms with Gasteiger partial charge in [-0.2, -0.15) is 0 Å². The average Bonchev–Trinajstić information content (AvgIpc) is 3.13. The summed E-state index contributed by atoms with van der Waals surface area (Å²) in [5.41, 5.74) is -0.535. The molecule has 1 aliphatic rings. The van der Waals surface area contributed by atoms with Crippen LogP contribution in [0.4, 0.5) is 4.79 Å². The van der Waals surface area contributed by atoms with Crippen LogP contribution >= 0.6 is 0 Å². The van der Waals surface area contributed by atoms with E-state index in [1.807, 2.05) is 18.2 Å². The molecule has 0 unspecified atom stereocenters. The second-order valence-electron chi connectivity index (χ2n) is 4.58. The van der Waals surface area contributed by atoms with Crippen molar-refractivity contribution < 1.29 is 24.5 Å². The van der Waals surface area contributed by atoms with E-state index in [-0.39, 0.29) is 6.61 Å². The molecule has 1 amide bonds. The van der Waals surface area contributed by atoms with Crippen molar-refractivity contribution in [2.45, 2.75) is 31.1 Å². The summed E-state index contributed by atoms with van der Waals surface area (Å²) in [6.07, 6.45) is -0.122. The molecule has 0 aromatic heterocycles. The van der Waals surface area contributed by atoms with E-state index in [2.05, 4.69) is 5.32 Å². The number of nitrogens with one attached hydrogen (secondary N) is 1. The molecule has 0 bridgehead atoms. The van der Waals surface area contributed by atoms with Crippen LogP contribution in [0.25, 0.3) is 0 Å². The van der Waals surface area contributed by atoms with Crippen molar-refractivity contribution in [3.05, 3.63) is 35.9 Å². The van der Waals surface area contributed by atoms with Crippen molar-refractivity contribution in [1.29, 1.82) is 0 Å². The van der Waals surface area contributed by atoms with E-state index in [1.165, 1.54) is 0 Å². The lowest BCUT2D eigenvalue weighted by molar-refractivity contribution is -0.143. The third kappa shape index (κ3) is 3.45. The Labute approximate surface area is 110 Å². The van der Waals surface area contributed by atoms with Crippen molar-refractivity contribution in [3.63, 3.8) is 0 Å². The number of rotatable bonds is 5. The summed E-state index contributed by atoms with van der Waals surface area (Å²) < 4.78 is 4.91. The number of carbonyl (C=O) groups is 2. The van der Waals surface area contributed by atoms with Crippen LogP contribution in [0.15, 0.2) is 30.3 Å². The van der Waals surface area contributed by atoms with Crippen LogP contribution in [0.5, 0.6) is 0 Å². The highest BCUT2D eigenvalue weighted by atomic mass is 16.5. The maximum Gasteiger partial charge on any atom is 0.408 e. The predicted molar refractivity (Wildman–Crippen MR) is 65.4 cm³/mol. The lowest BCUT2D eigenvalue weighted by Crippen LogP contribution is -2.50. The Hall–Kier alpha value is -2.08. The number of carbonyl (C=O) groups excluding carboxylic acids is 1. The molecular formula is C13H15NO5. The van der Waals surface area contributed by atoms with Gasteiger partial charge in [0.1, 0.15) is 6.61 Å². The van der Waals surface area contributed by atoms with Crippen LogP contribution in [0.2, 0.25) is 0 Å². The van der Waals surface area contributed by atoms with Gasteiger partial charge < -0.3 is 20.3 Å². The van der Waals surface area contributed by atoms with Gasteiger partial charge in [0.25, 0.3) is 0 Å². The molecule has 6 heteroatoms. The number of amides is 1. The summed E-state index contributed by atoms with van der Waals surface area (Å²) in [7, 11) is 0. The second kappa shape index (κ2) is 5.27. The van der Waals surface area contributed by atoms with Gasteiger partial charge in [-0.05, 0) is 18.4 Å². The van der Waals surface area contributed by atoms with Crippen LogP contribution < -0.4 is 5.32 Å². The molecule has 102 valence electrons. The Morgan fingerprint density at radius 2 is 1.95 bits per heavy atom. The zero-order valence-electron chi connectivity index (χ0n) is 10.2. The molecule has 6 nitrogen and oxygen atoms in total. The highest BCUT2D eigenvalue weighted by Crippen LogP contribution is 2.38. The molecule has 1 saturated carbocycles. The van der Waals surface area contributed by atoms with Crippen molar-refractivity contribution >= 4 is 12.1 Å². The normalized spacial score (nSPS) is 17.3. The van der Waals surface area contributed by atoms with Crippen molar-refractivity contribution in [1.82, 2.24) is 5.32 Å². The minimum absolute atomic E-state index is 0.0530. The van der Waals surface area contributed by atoms with Gasteiger partial charge >= 0.3 is 12.1 Å². The minimum atomic E-state index is -1.34. The molecule has 1 aromatic carbocycles. The van der Waals surface area contributed by atoms with Gasteiger partial charge in [-0.3, -0.25) is 0 Å². The Balaban J connectivity index is 1.85. The maximum absolute atomic E-state index is 11.5. The molecule has 0 spiro atoms. The van der Waals surface area contributed by atoms with Gasteiger partial charge in [0.05, 0.1) is 5.60 Å². The molecule has 0 radical (unpaired) electrons. The Morgan fingerprint density at radius 3 is 2.47 bits per heavy atom. The third-order valence-corrected chi connectivity index (χ3v) is 3.02. The molecule has 1 atom stereocenters. The number of ether oxygens (including phenoxy) is 1. The average molecular weight is 265 g/mol. The number of aliphatic carboxylic acids is 1. The van der Waals surface area contributed by atoms with Crippen molar-refractivity contribution in [3.8, 4) is 0 Å². The Kier molecular flexibility index (Phi) is 3.71. The smallest absolute Gasteiger partial charge is 0.408 e. The van der Waals surface area contributed by atoms with Gasteiger partial charge in [-0.15, -0.1) is 0 Å². The zero-order valence-corrected chi connectivity index (χ0v) is 10.2. The first-order valence-corrected chi connectivity index (χ1v) is 5.94. The molecule has 0 heterocycles. The first-order chi connectivity index (χ1) is 9.01. The summed E-state index contributed by atoms with van der Waals surface area (Å²) in [5.74, 6) is -1.27. The zero-order chi connectivity index (χ0) is 13.9. The molecule has 3 N–H and O–H groups in total. The number of hydrogen-bond acceptors (Lipinski definition) is 4. The number of carboxylic acids is 1. The predicted octanol–water partition coefficient (Wildman–Crippen LogP) is 0.891. The standard InChI is InChI=1S/C13H15NO5/c15-11(16)10(13(18)6-7-13)14-12(17)19-8-9-4-2-1-3-5-9/h1-5,10,18H,6-8H2,(H,14,17)(H,15,16)/t10-/m1/s1. The summed E-state index contributed by atoms with van der Waals surface area (Å²) in [4.78, 5) is 22.5. The first kappa shape index (κ1) is 13.4. The van der Waals surface area contributed by atoms with Crippen LogP contribution in [0, 0.1) is 0 Å². The molecule has 2 rings (SSSR count). The maximum atomic E-state index is 11.5. The molecule has 0 aliphatic heterocycles. The molecule has 19 heavy (non-hydrogen) atoms. The van der Waals surface area contributed by atoms with Crippen molar-refractivity contribution in [2.75, 3.05) is 0 Å². The highest BCUT2D eigenvalue weighted by Gasteiger charge is 2.52. The molecule has 1 fully saturated rings. The number of carboxylic acid groups (broad SMARTS) is 1. The quantitative estimate of drug-likeness (QED) is 0.734. The summed E-state index contributed by atoms with van der Waals surface area (Å²) in [5, 5.41) is 20.9. The van der Waals surface area contributed by atoms with E-state index in [1.54, 1.807) is 12.1 Å². The number of aliphatic hydroxyl groups is 1. The lowest BCUT2D eigenvalue weighted by Gasteiger charge is -2.19. The Bertz CT molecular complexity index is 469. The summed E-state index contributed by atoms with van der Waals surface area (Å²) in [6.45, 7) is 0.0530. The molecule has 1 aromatic rings. The Morgan fingerprint density at radius 1 is 1.32 bits per heavy atom. The van der Waals surface area contributed by atoms with Gasteiger partial charge in [0.15, 0.2) is 6.04 Å². The van der Waals surface area contributed by atoms with Crippen molar-refractivity contribution in [2.24, 2.45) is 0 Å². The monoisotopic (exact) mass is 265 g/mol. The third-order valence-electron chi connectivity index (χ3n) is 3.02. The van der Waals surface area contributed by atoms with E-state index < -0.39 is 23.7 Å². The van der Waals surface area contributed by atoms with E-state index in [9.17, 15) is 14.7 Å². The van der Waals surface area contributed by atoms with Crippen LogP contribution in [-0.4, -0.2) is 33.9 Å². The molecule has 1 aliphatic carbocycles. The second-order valence-corrected chi connectivity index (χ2v) is 4.58. The van der Waals surface area contributed by atoms with Gasteiger partial charge in [-0.25, -0.2) is 9.59 Å². The molecular weight excluding hydrogens is 250 g/mol. The van der Waals surface area contributed by atoms with Gasteiger partial charge in [0, 0.05) is 0 Å². The van der Waals surface area contributed by atoms with Gasteiger partial charge in [-0.1, -0.05) is 30.3 Å². The largest absolute Gasteiger partial charge is 0.480 e. The van der Waals surface area contributed by atoms with E-state index >= 15 is 0 Å². The van der Waals surface area contributed by atoms with Crippen LogP contribution in [0.3, 0.4) is 0 Å². The fourth-order valence-corrected chi connectivity index (χ4v) is 1.73. The SMILES string of the molecule is O=C(N[C@H](C(=O)O)C1(O)CC1)OCc1ccccc1. The number of hydrogen-bond donors (Lipinski definition) is 3. The summed E-state index contributed by atoms with van der Waals surface area (Å²) >= 11 is 0. The number of benzene rings is 1. The highest BCUT2D eigenvalue weighted by molar-refractivity contribution is 5.81. The first-order valence-electron chi connectivity index (χ1n) is 5.94. The summed E-state index contributed by atoms with van der Waals surface area (Å²) in [6, 6.07) is 7.71. The number of alkyl carbamates (subject to hydrolysis) is 1. The van der Waals surface area contributed by atoms with E-state index in [0.29, 0.717) is 12.8 Å². The van der Waals surface area contributed by atoms with E-state index in [0.717, 1.165) is 5.56 Å². The minimum Gasteiger partial charge on any atom is -0.480 e. The topological polar surface area (TPSA) is 95.9 Å². The van der Waals surface area contributed by atoms with Crippen LogP contribution in [-0.2, 0) is 16.1 Å². The molecule has 0 saturated heterocycles. The fraction of sp³-hybridized carbons (Fsp3) is 0.385. The van der Waals surface area contributed by atoms with Gasteiger partial charge in [0.2, 0.25) is 0 Å². The lowest BCUT2D eigenvalue weighted by atomic mass is 10.1.